The highest BCUT2D eigenvalue weighted by molar-refractivity contribution is 5.87. The maximum absolute atomic E-state index is 11.4. The summed E-state index contributed by atoms with van der Waals surface area (Å²) in [5.41, 5.74) is 2.32. The highest BCUT2D eigenvalue weighted by atomic mass is 16.3. The van der Waals surface area contributed by atoms with E-state index in [-0.39, 0.29) is 36.1 Å². The molecule has 0 spiro atoms. The van der Waals surface area contributed by atoms with Gasteiger partial charge in [-0.15, -0.1) is 0 Å². The van der Waals surface area contributed by atoms with Gasteiger partial charge in [-0.25, -0.2) is 0 Å². The third-order valence-corrected chi connectivity index (χ3v) is 3.34. The number of phenolic OH excluding ortho intramolecular Hbond substituents is 1. The molecule has 0 atom stereocenters. The number of hydrogen-bond acceptors (Lipinski definition) is 3. The first-order chi connectivity index (χ1) is 11.2. The smallest absolute Gasteiger partial charge is 0.243 e. The fourth-order valence-corrected chi connectivity index (χ4v) is 2.33. The Bertz CT molecular complexity index is 597. The summed E-state index contributed by atoms with van der Waals surface area (Å²) >= 11 is 0. The van der Waals surface area contributed by atoms with Crippen molar-refractivity contribution in [3.8, 4) is 5.75 Å². The molecule has 0 unspecified atom stereocenters. The maximum atomic E-state index is 11.4. The van der Waals surface area contributed by atoms with E-state index in [9.17, 15) is 14.7 Å². The third kappa shape index (κ3) is 6.28. The lowest BCUT2D eigenvalue weighted by Crippen LogP contribution is -2.22. The first kappa shape index (κ1) is 19.5. The van der Waals surface area contributed by atoms with Crippen LogP contribution in [0.4, 0.5) is 0 Å². The lowest BCUT2D eigenvalue weighted by atomic mass is 9.86. The number of aromatic hydroxyl groups is 1. The number of benzene rings is 1. The van der Waals surface area contributed by atoms with Gasteiger partial charge in [0.25, 0.3) is 0 Å². The van der Waals surface area contributed by atoms with Gasteiger partial charge in [0.05, 0.1) is 0 Å². The molecule has 0 fully saturated rings. The van der Waals surface area contributed by atoms with Gasteiger partial charge in [-0.3, -0.25) is 9.59 Å². The fraction of sp³-hybridized carbons (Fsp3) is 0.368. The molecule has 3 N–H and O–H groups in total. The van der Waals surface area contributed by atoms with E-state index < -0.39 is 0 Å². The van der Waals surface area contributed by atoms with Crippen LogP contribution in [0.3, 0.4) is 0 Å². The molecular weight excluding hydrogens is 304 g/mol. The van der Waals surface area contributed by atoms with Crippen LogP contribution in [-0.2, 0) is 29.1 Å². The Hall–Kier alpha value is -2.56. The molecule has 0 bridgehead atoms. The predicted octanol–water partition coefficient (Wildman–Crippen LogP) is 2.59. The van der Waals surface area contributed by atoms with E-state index in [1.54, 1.807) is 0 Å². The van der Waals surface area contributed by atoms with E-state index in [1.807, 2.05) is 12.1 Å². The summed E-state index contributed by atoms with van der Waals surface area (Å²) < 4.78 is 0. The second kappa shape index (κ2) is 8.34. The Morgan fingerprint density at radius 1 is 1.04 bits per heavy atom. The van der Waals surface area contributed by atoms with Gasteiger partial charge in [0.2, 0.25) is 11.8 Å². The number of carbonyl (C=O) groups excluding carboxylic acids is 2. The zero-order chi connectivity index (χ0) is 18.3. The molecule has 130 valence electrons. The summed E-state index contributed by atoms with van der Waals surface area (Å²) in [5.74, 6) is -0.546. The summed E-state index contributed by atoms with van der Waals surface area (Å²) in [5, 5.41) is 15.8. The number of phenols is 1. The van der Waals surface area contributed by atoms with Gasteiger partial charge in [-0.05, 0) is 29.6 Å². The third-order valence-electron chi connectivity index (χ3n) is 3.34. The maximum Gasteiger partial charge on any atom is 0.243 e. The van der Waals surface area contributed by atoms with Crippen LogP contribution in [0.25, 0.3) is 0 Å². The molecule has 0 radical (unpaired) electrons. The topological polar surface area (TPSA) is 78.4 Å². The highest BCUT2D eigenvalue weighted by Gasteiger charge is 2.16. The Labute approximate surface area is 143 Å². The minimum Gasteiger partial charge on any atom is -0.507 e. The van der Waals surface area contributed by atoms with E-state index >= 15 is 0 Å². The Morgan fingerprint density at radius 2 is 1.46 bits per heavy atom. The highest BCUT2D eigenvalue weighted by Crippen LogP contribution is 2.28. The van der Waals surface area contributed by atoms with Crippen LogP contribution in [0.5, 0.6) is 5.75 Å². The normalized spacial score (nSPS) is 10.8. The second-order valence-corrected chi connectivity index (χ2v) is 6.84. The molecule has 5 heteroatoms. The van der Waals surface area contributed by atoms with Crippen molar-refractivity contribution in [2.45, 2.75) is 40.3 Å². The summed E-state index contributed by atoms with van der Waals surface area (Å²) in [6, 6.07) is 3.76. The standard InChI is InChI=1S/C19H26N2O3/c1-6-16(22)20-11-14-8-13(10-19(3,4)5)9-15(18(14)24)12-21-17(23)7-2/h6-9,24H,1-2,10-12H2,3-5H3,(H,20,22)(H,21,23). The number of hydrogen-bond donors (Lipinski definition) is 3. The molecule has 1 rings (SSSR count). The van der Waals surface area contributed by atoms with Crippen molar-refractivity contribution in [2.75, 3.05) is 0 Å². The van der Waals surface area contributed by atoms with E-state index in [1.165, 1.54) is 12.2 Å². The first-order valence-corrected chi connectivity index (χ1v) is 7.80. The van der Waals surface area contributed by atoms with Gasteiger partial charge >= 0.3 is 0 Å². The summed E-state index contributed by atoms with van der Waals surface area (Å²) in [6.45, 7) is 13.6. The van der Waals surface area contributed by atoms with Crippen LogP contribution >= 0.6 is 0 Å². The van der Waals surface area contributed by atoms with Gasteiger partial charge in [0, 0.05) is 24.2 Å². The van der Waals surface area contributed by atoms with E-state index in [2.05, 4.69) is 44.6 Å². The predicted molar refractivity (Wildman–Crippen MR) is 95.4 cm³/mol. The lowest BCUT2D eigenvalue weighted by Gasteiger charge is -2.20. The molecule has 0 aliphatic carbocycles. The molecule has 0 heterocycles. The van der Waals surface area contributed by atoms with Gasteiger partial charge in [-0.1, -0.05) is 46.1 Å². The zero-order valence-electron chi connectivity index (χ0n) is 14.6. The van der Waals surface area contributed by atoms with E-state index in [0.717, 1.165) is 12.0 Å². The molecule has 2 amide bonds. The monoisotopic (exact) mass is 330 g/mol. The average Bonchev–Trinajstić information content (AvgIpc) is 2.51. The van der Waals surface area contributed by atoms with Gasteiger partial charge in [0.15, 0.2) is 0 Å². The van der Waals surface area contributed by atoms with E-state index in [0.29, 0.717) is 11.1 Å². The Balaban J connectivity index is 3.12. The Kier molecular flexibility index (Phi) is 6.77. The van der Waals surface area contributed by atoms with Crippen molar-refractivity contribution in [2.24, 2.45) is 5.41 Å². The molecular formula is C19H26N2O3. The zero-order valence-corrected chi connectivity index (χ0v) is 14.6. The number of amides is 2. The molecule has 0 aromatic heterocycles. The van der Waals surface area contributed by atoms with Gasteiger partial charge < -0.3 is 15.7 Å². The lowest BCUT2D eigenvalue weighted by molar-refractivity contribution is -0.117. The van der Waals surface area contributed by atoms with Crippen molar-refractivity contribution in [3.63, 3.8) is 0 Å². The number of nitrogens with one attached hydrogen (secondary N) is 2. The van der Waals surface area contributed by atoms with Crippen molar-refractivity contribution in [3.05, 3.63) is 54.1 Å². The number of rotatable bonds is 7. The van der Waals surface area contributed by atoms with Crippen molar-refractivity contribution in [1.29, 1.82) is 0 Å². The molecule has 1 aromatic carbocycles. The molecule has 1 aromatic rings. The quantitative estimate of drug-likeness (QED) is 0.672. The van der Waals surface area contributed by atoms with Crippen LogP contribution < -0.4 is 10.6 Å². The summed E-state index contributed by atoms with van der Waals surface area (Å²) in [7, 11) is 0. The minimum atomic E-state index is -0.308. The van der Waals surface area contributed by atoms with Crippen LogP contribution in [0.15, 0.2) is 37.4 Å². The molecule has 0 aliphatic rings. The molecule has 0 saturated carbocycles. The first-order valence-electron chi connectivity index (χ1n) is 7.80. The van der Waals surface area contributed by atoms with Crippen molar-refractivity contribution < 1.29 is 14.7 Å². The molecule has 24 heavy (non-hydrogen) atoms. The summed E-state index contributed by atoms with van der Waals surface area (Å²) in [4.78, 5) is 22.7. The summed E-state index contributed by atoms with van der Waals surface area (Å²) in [6.07, 6.45) is 3.17. The fourth-order valence-electron chi connectivity index (χ4n) is 2.33. The molecule has 0 saturated heterocycles. The SMILES string of the molecule is C=CC(=O)NCc1cc(CC(C)(C)C)cc(CNC(=O)C=C)c1O. The largest absolute Gasteiger partial charge is 0.507 e. The minimum absolute atomic E-state index is 0.0697. The van der Waals surface area contributed by atoms with Crippen molar-refractivity contribution in [1.82, 2.24) is 10.6 Å². The second-order valence-electron chi connectivity index (χ2n) is 6.84. The van der Waals surface area contributed by atoms with Gasteiger partial charge in [0.1, 0.15) is 5.75 Å². The average molecular weight is 330 g/mol. The van der Waals surface area contributed by atoms with E-state index in [4.69, 9.17) is 0 Å². The van der Waals surface area contributed by atoms with Crippen LogP contribution in [0, 0.1) is 5.41 Å². The van der Waals surface area contributed by atoms with Crippen LogP contribution in [0.1, 0.15) is 37.5 Å². The molecule has 5 nitrogen and oxygen atoms in total. The van der Waals surface area contributed by atoms with Crippen LogP contribution in [-0.4, -0.2) is 16.9 Å². The number of carbonyl (C=O) groups is 2. The van der Waals surface area contributed by atoms with Crippen molar-refractivity contribution >= 4 is 11.8 Å². The Morgan fingerprint density at radius 3 is 1.79 bits per heavy atom. The van der Waals surface area contributed by atoms with Crippen LogP contribution in [0.2, 0.25) is 0 Å². The molecule has 0 aliphatic heterocycles. The van der Waals surface area contributed by atoms with Gasteiger partial charge in [-0.2, -0.15) is 0 Å².